The van der Waals surface area contributed by atoms with E-state index in [0.29, 0.717) is 0 Å². The number of benzene rings is 1. The van der Waals surface area contributed by atoms with E-state index in [1.807, 2.05) is 0 Å². The number of nitro groups is 1. The van der Waals surface area contributed by atoms with Crippen LogP contribution in [-0.4, -0.2) is 10.5 Å². The predicted molar refractivity (Wildman–Crippen MR) is 74.4 cm³/mol. The van der Waals surface area contributed by atoms with Gasteiger partial charge in [-0.2, -0.15) is 0 Å². The molecule has 0 radical (unpaired) electrons. The van der Waals surface area contributed by atoms with Gasteiger partial charge in [0, 0.05) is 28.7 Å². The summed E-state index contributed by atoms with van der Waals surface area (Å²) in [5.41, 5.74) is 1.31. The van der Waals surface area contributed by atoms with Crippen molar-refractivity contribution in [3.8, 4) is 0 Å². The van der Waals surface area contributed by atoms with Crippen LogP contribution in [0.3, 0.4) is 0 Å². The first-order valence-electron chi connectivity index (χ1n) is 6.08. The molecule has 0 spiro atoms. The zero-order valence-electron chi connectivity index (χ0n) is 10.6. The Balaban J connectivity index is 2.03. The highest BCUT2D eigenvalue weighted by molar-refractivity contribution is 9.10. The van der Waals surface area contributed by atoms with Crippen LogP contribution in [0.2, 0.25) is 0 Å². The lowest BCUT2D eigenvalue weighted by Crippen LogP contribution is -2.40. The first-order chi connectivity index (χ1) is 8.40. The predicted octanol–water partition coefficient (Wildman–Crippen LogP) is 3.64. The highest BCUT2D eigenvalue weighted by Crippen LogP contribution is 2.39. The summed E-state index contributed by atoms with van der Waals surface area (Å²) in [5.74, 6) is 0.759. The van der Waals surface area contributed by atoms with Crippen LogP contribution in [-0.2, 0) is 6.54 Å². The number of hydrogen-bond donors (Lipinski definition) is 1. The van der Waals surface area contributed by atoms with Gasteiger partial charge in [0.1, 0.15) is 0 Å². The number of halogens is 1. The van der Waals surface area contributed by atoms with E-state index in [2.05, 4.69) is 35.1 Å². The second-order valence-corrected chi connectivity index (χ2v) is 6.24. The Morgan fingerprint density at radius 1 is 1.50 bits per heavy atom. The second kappa shape index (κ2) is 4.97. The summed E-state index contributed by atoms with van der Waals surface area (Å²) in [7, 11) is 0. The van der Waals surface area contributed by atoms with Gasteiger partial charge in [0.05, 0.1) is 4.92 Å². The molecule has 0 saturated heterocycles. The first-order valence-corrected chi connectivity index (χ1v) is 6.87. The van der Waals surface area contributed by atoms with Crippen molar-refractivity contribution in [3.05, 3.63) is 38.3 Å². The molecule has 0 unspecified atom stereocenters. The van der Waals surface area contributed by atoms with Gasteiger partial charge < -0.3 is 5.32 Å². The number of nitro benzene ring substituents is 1. The van der Waals surface area contributed by atoms with E-state index < -0.39 is 0 Å². The number of hydrogen-bond acceptors (Lipinski definition) is 3. The van der Waals surface area contributed by atoms with Gasteiger partial charge in [-0.3, -0.25) is 10.1 Å². The van der Waals surface area contributed by atoms with E-state index in [9.17, 15) is 10.1 Å². The maximum atomic E-state index is 10.6. The fourth-order valence-electron chi connectivity index (χ4n) is 2.07. The van der Waals surface area contributed by atoms with Crippen LogP contribution in [0.5, 0.6) is 0 Å². The molecule has 2 rings (SSSR count). The lowest BCUT2D eigenvalue weighted by Gasteiger charge is -2.26. The average Bonchev–Trinajstić information content (AvgIpc) is 3.11. The second-order valence-electron chi connectivity index (χ2n) is 5.38. The summed E-state index contributed by atoms with van der Waals surface area (Å²) in [6, 6.07) is 4.91. The largest absolute Gasteiger partial charge is 0.307 e. The average molecular weight is 313 g/mol. The summed E-state index contributed by atoms with van der Waals surface area (Å²) in [6.07, 6.45) is 2.59. The maximum absolute atomic E-state index is 10.6. The van der Waals surface area contributed by atoms with Crippen molar-refractivity contribution in [1.82, 2.24) is 5.32 Å². The van der Waals surface area contributed by atoms with Gasteiger partial charge in [-0.15, -0.1) is 0 Å². The van der Waals surface area contributed by atoms with Crippen LogP contribution in [0.4, 0.5) is 5.69 Å². The maximum Gasteiger partial charge on any atom is 0.270 e. The van der Waals surface area contributed by atoms with Crippen LogP contribution in [0.25, 0.3) is 0 Å². The lowest BCUT2D eigenvalue weighted by atomic mass is 9.98. The Kier molecular flexibility index (Phi) is 3.73. The number of nitrogens with one attached hydrogen (secondary N) is 1. The molecular formula is C13H17BrN2O2. The zero-order chi connectivity index (χ0) is 13.3. The highest BCUT2D eigenvalue weighted by Gasteiger charge is 2.37. The van der Waals surface area contributed by atoms with Gasteiger partial charge in [0.2, 0.25) is 0 Å². The lowest BCUT2D eigenvalue weighted by molar-refractivity contribution is -0.384. The Labute approximate surface area is 115 Å². The van der Waals surface area contributed by atoms with Gasteiger partial charge in [-0.05, 0) is 44.2 Å². The minimum absolute atomic E-state index is 0.118. The van der Waals surface area contributed by atoms with Crippen LogP contribution in [0.1, 0.15) is 32.3 Å². The van der Waals surface area contributed by atoms with Crippen molar-refractivity contribution in [2.24, 2.45) is 5.92 Å². The standard InChI is InChI=1S/C13H17BrN2O2/c1-13(2,10-4-5-10)15-8-9-3-6-11(16(17)18)7-12(9)14/h3,6-7,10,15H,4-5,8H2,1-2H3. The summed E-state index contributed by atoms with van der Waals surface area (Å²) < 4.78 is 0.788. The minimum atomic E-state index is -0.379. The van der Waals surface area contributed by atoms with Gasteiger partial charge in [0.25, 0.3) is 5.69 Å². The smallest absolute Gasteiger partial charge is 0.270 e. The fourth-order valence-corrected chi connectivity index (χ4v) is 2.57. The molecule has 1 aromatic rings. The van der Waals surface area contributed by atoms with E-state index >= 15 is 0 Å². The molecule has 1 fully saturated rings. The number of rotatable bonds is 5. The van der Waals surface area contributed by atoms with Crippen molar-refractivity contribution in [2.75, 3.05) is 0 Å². The summed E-state index contributed by atoms with van der Waals surface area (Å²) in [4.78, 5) is 10.3. The Morgan fingerprint density at radius 2 is 2.17 bits per heavy atom. The molecule has 0 bridgehead atoms. The SMILES string of the molecule is CC(C)(NCc1ccc([N+](=O)[O-])cc1Br)C1CC1. The monoisotopic (exact) mass is 312 g/mol. The third-order valence-corrected chi connectivity index (χ3v) is 4.32. The molecule has 98 valence electrons. The number of nitrogens with zero attached hydrogens (tertiary/aromatic N) is 1. The highest BCUT2D eigenvalue weighted by atomic mass is 79.9. The topological polar surface area (TPSA) is 55.2 Å². The molecular weight excluding hydrogens is 296 g/mol. The van der Waals surface area contributed by atoms with Crippen molar-refractivity contribution in [2.45, 2.75) is 38.8 Å². The third-order valence-electron chi connectivity index (χ3n) is 3.58. The van der Waals surface area contributed by atoms with Crippen molar-refractivity contribution in [1.29, 1.82) is 0 Å². The molecule has 5 heteroatoms. The fraction of sp³-hybridized carbons (Fsp3) is 0.538. The third kappa shape index (κ3) is 3.09. The normalized spacial score (nSPS) is 15.7. The van der Waals surface area contributed by atoms with E-state index in [1.54, 1.807) is 18.2 Å². The summed E-state index contributed by atoms with van der Waals surface area (Å²) in [5, 5.41) is 14.2. The number of non-ortho nitro benzene ring substituents is 1. The molecule has 0 aliphatic heterocycles. The van der Waals surface area contributed by atoms with Crippen molar-refractivity contribution in [3.63, 3.8) is 0 Å². The summed E-state index contributed by atoms with van der Waals surface area (Å²) >= 11 is 3.39. The van der Waals surface area contributed by atoms with Gasteiger partial charge in [-0.25, -0.2) is 0 Å². The summed E-state index contributed by atoms with van der Waals surface area (Å²) in [6.45, 7) is 5.15. The van der Waals surface area contributed by atoms with Crippen LogP contribution >= 0.6 is 15.9 Å². The molecule has 18 heavy (non-hydrogen) atoms. The van der Waals surface area contributed by atoms with Gasteiger partial charge in [-0.1, -0.05) is 15.9 Å². The van der Waals surface area contributed by atoms with Crippen LogP contribution in [0, 0.1) is 16.0 Å². The minimum Gasteiger partial charge on any atom is -0.307 e. The van der Waals surface area contributed by atoms with Crippen LogP contribution in [0.15, 0.2) is 22.7 Å². The van der Waals surface area contributed by atoms with Gasteiger partial charge >= 0.3 is 0 Å². The van der Waals surface area contributed by atoms with Crippen LogP contribution < -0.4 is 5.32 Å². The molecule has 0 heterocycles. The molecule has 1 aliphatic rings. The molecule has 0 atom stereocenters. The molecule has 0 aromatic heterocycles. The quantitative estimate of drug-likeness (QED) is 0.667. The molecule has 1 aliphatic carbocycles. The van der Waals surface area contributed by atoms with Gasteiger partial charge in [0.15, 0.2) is 0 Å². The first kappa shape index (κ1) is 13.5. The Hall–Kier alpha value is -0.940. The van der Waals surface area contributed by atoms with E-state index in [0.717, 1.165) is 22.5 Å². The molecule has 4 nitrogen and oxygen atoms in total. The molecule has 1 N–H and O–H groups in total. The Bertz CT molecular complexity index is 470. The molecule has 0 amide bonds. The van der Waals surface area contributed by atoms with E-state index in [-0.39, 0.29) is 16.1 Å². The zero-order valence-corrected chi connectivity index (χ0v) is 12.2. The van der Waals surface area contributed by atoms with Crippen molar-refractivity contribution >= 4 is 21.6 Å². The van der Waals surface area contributed by atoms with E-state index in [4.69, 9.17) is 0 Å². The Morgan fingerprint density at radius 3 is 2.67 bits per heavy atom. The van der Waals surface area contributed by atoms with E-state index in [1.165, 1.54) is 12.8 Å². The van der Waals surface area contributed by atoms with Crippen molar-refractivity contribution < 1.29 is 4.92 Å². The molecule has 1 saturated carbocycles. The molecule has 1 aromatic carbocycles.